The molecule has 3 fully saturated rings. The molecule has 3 saturated heterocycles. The Kier molecular flexibility index (Phi) is 15.7. The molecule has 3 aliphatic heterocycles. The lowest BCUT2D eigenvalue weighted by atomic mass is 9.67. The molecule has 13 nitrogen and oxygen atoms in total. The van der Waals surface area contributed by atoms with Crippen LogP contribution in [0.2, 0.25) is 0 Å². The lowest BCUT2D eigenvalue weighted by Crippen LogP contribution is -2.62. The lowest BCUT2D eigenvalue weighted by molar-refractivity contribution is -0.302. The van der Waals surface area contributed by atoms with Gasteiger partial charge in [-0.2, -0.15) is 0 Å². The molecule has 0 bridgehead atoms. The van der Waals surface area contributed by atoms with Crippen molar-refractivity contribution in [1.29, 1.82) is 0 Å². The molecule has 0 spiro atoms. The van der Waals surface area contributed by atoms with Gasteiger partial charge in [-0.1, -0.05) is 40.7 Å². The van der Waals surface area contributed by atoms with Crippen LogP contribution in [-0.2, 0) is 33.3 Å². The van der Waals surface area contributed by atoms with E-state index in [0.717, 1.165) is 0 Å². The number of likely N-dealkylation sites (N-methyl/N-ethyl adjacent to an activating group) is 1. The lowest BCUT2D eigenvalue weighted by Gasteiger charge is -2.51. The molecule has 53 heavy (non-hydrogen) atoms. The van der Waals surface area contributed by atoms with Crippen LogP contribution in [0, 0.1) is 29.6 Å². The van der Waals surface area contributed by atoms with Crippen molar-refractivity contribution in [3.63, 3.8) is 0 Å². The number of nitrogens with zero attached hydrogens (tertiary/aromatic N) is 1. The van der Waals surface area contributed by atoms with Crippen LogP contribution >= 0.6 is 0 Å². The molecule has 1 unspecified atom stereocenters. The van der Waals surface area contributed by atoms with Crippen molar-refractivity contribution >= 4 is 11.8 Å². The normalized spacial score (nSPS) is 48.2. The van der Waals surface area contributed by atoms with Crippen molar-refractivity contribution in [2.24, 2.45) is 29.6 Å². The molecule has 0 radical (unpaired) electrons. The van der Waals surface area contributed by atoms with Gasteiger partial charge in [-0.05, 0) is 73.3 Å². The van der Waals surface area contributed by atoms with Gasteiger partial charge in [0.05, 0.1) is 47.6 Å². The molecule has 3 heterocycles. The molecule has 18 atom stereocenters. The van der Waals surface area contributed by atoms with Gasteiger partial charge in [0.25, 0.3) is 0 Å². The molecule has 308 valence electrons. The van der Waals surface area contributed by atoms with E-state index in [1.54, 1.807) is 41.5 Å². The number of carbonyl (C=O) groups is 2. The van der Waals surface area contributed by atoms with Gasteiger partial charge in [-0.3, -0.25) is 9.59 Å². The van der Waals surface area contributed by atoms with E-state index in [0.29, 0.717) is 19.4 Å². The number of carbonyl (C=O) groups excluding carboxylic acids is 2. The molecule has 0 saturated carbocycles. The van der Waals surface area contributed by atoms with Crippen LogP contribution in [0.3, 0.4) is 0 Å². The van der Waals surface area contributed by atoms with Crippen LogP contribution in [0.25, 0.3) is 0 Å². The summed E-state index contributed by atoms with van der Waals surface area (Å²) in [4.78, 5) is 30.2. The third kappa shape index (κ3) is 9.90. The van der Waals surface area contributed by atoms with Crippen LogP contribution in [0.5, 0.6) is 0 Å². The number of aliphatic hydroxyl groups is 5. The van der Waals surface area contributed by atoms with E-state index in [1.807, 2.05) is 31.9 Å². The van der Waals surface area contributed by atoms with E-state index in [-0.39, 0.29) is 31.4 Å². The number of esters is 1. The number of rotatable bonds is 9. The highest BCUT2D eigenvalue weighted by Crippen LogP contribution is 2.45. The first kappa shape index (κ1) is 45.9. The maximum absolute atomic E-state index is 14.3. The number of hydrogen-bond acceptors (Lipinski definition) is 13. The van der Waals surface area contributed by atoms with Gasteiger partial charge in [0, 0.05) is 43.9 Å². The molecule has 0 aromatic carbocycles. The maximum atomic E-state index is 14.3. The number of methoxy groups -OCH3 is 1. The van der Waals surface area contributed by atoms with Crippen molar-refractivity contribution in [2.75, 3.05) is 20.7 Å². The largest absolute Gasteiger partial charge is 0.459 e. The van der Waals surface area contributed by atoms with Gasteiger partial charge >= 0.3 is 5.97 Å². The molecule has 5 N–H and O–H groups in total. The Hall–Kier alpha value is -1.52. The standard InChI is InChI=1S/C40H71NO12/c1-14-16-17-41(12)27-18-22(4)50-37(32(27)43)53-35-23(5)30(28-20-39(10,49-13)34(45)26(8)51-28)24(6)36(46)52-29(15-2)40(11,48)33(44)25(7)31(42)21(3)19-38(35,9)47/h14,21-30,32-35,37,43-45,47-48H,1,15-20H2,2-13H3/t21-,22-,23+,24-,25+,26+,27+,28?,29-,30+,32-,33-,34+,35-,37+,38-,39-,40-/m1/s1. The summed E-state index contributed by atoms with van der Waals surface area (Å²) < 4.78 is 31.3. The summed E-state index contributed by atoms with van der Waals surface area (Å²) in [6, 6.07) is -0.333. The molecule has 0 aromatic rings. The fourth-order valence-electron chi connectivity index (χ4n) is 9.34. The minimum Gasteiger partial charge on any atom is -0.459 e. The van der Waals surface area contributed by atoms with Crippen molar-refractivity contribution < 1.29 is 58.8 Å². The summed E-state index contributed by atoms with van der Waals surface area (Å²) in [7, 11) is 3.43. The molecule has 3 aliphatic rings. The van der Waals surface area contributed by atoms with Gasteiger partial charge in [0.2, 0.25) is 0 Å². The average Bonchev–Trinajstić information content (AvgIpc) is 3.09. The molecule has 0 aliphatic carbocycles. The topological polar surface area (TPSA) is 185 Å². The van der Waals surface area contributed by atoms with Crippen molar-refractivity contribution in [3.8, 4) is 0 Å². The summed E-state index contributed by atoms with van der Waals surface area (Å²) in [5, 5.41) is 58.5. The Morgan fingerprint density at radius 1 is 0.962 bits per heavy atom. The van der Waals surface area contributed by atoms with E-state index >= 15 is 0 Å². The van der Waals surface area contributed by atoms with Gasteiger partial charge in [0.15, 0.2) is 6.29 Å². The second kappa shape index (κ2) is 18.2. The molecular formula is C40H71NO12. The number of ether oxygens (including phenoxy) is 5. The molecule has 0 aromatic heterocycles. The predicted octanol–water partition coefficient (Wildman–Crippen LogP) is 3.01. The Morgan fingerprint density at radius 2 is 1.58 bits per heavy atom. The Balaban J connectivity index is 2.22. The van der Waals surface area contributed by atoms with Crippen LogP contribution in [-0.4, -0.2) is 141 Å². The highest BCUT2D eigenvalue weighted by molar-refractivity contribution is 5.83. The summed E-state index contributed by atoms with van der Waals surface area (Å²) in [6.07, 6.45) is -5.62. The van der Waals surface area contributed by atoms with E-state index < -0.39 is 107 Å². The first-order chi connectivity index (χ1) is 24.5. The number of aliphatic hydroxyl groups excluding tert-OH is 3. The van der Waals surface area contributed by atoms with Crippen molar-refractivity contribution in [3.05, 3.63) is 12.7 Å². The highest BCUT2D eigenvalue weighted by Gasteiger charge is 2.55. The van der Waals surface area contributed by atoms with Gasteiger partial charge < -0.3 is 54.1 Å². The second-order valence-electron chi connectivity index (χ2n) is 17.2. The molecule has 13 heteroatoms. The zero-order valence-electron chi connectivity index (χ0n) is 34.2. The van der Waals surface area contributed by atoms with Crippen LogP contribution in [0.15, 0.2) is 12.7 Å². The first-order valence-corrected chi connectivity index (χ1v) is 19.5. The smallest absolute Gasteiger partial charge is 0.309 e. The predicted molar refractivity (Wildman–Crippen MR) is 199 cm³/mol. The number of ketones is 1. The third-order valence-corrected chi connectivity index (χ3v) is 12.8. The summed E-state index contributed by atoms with van der Waals surface area (Å²) in [5.74, 6) is -5.37. The second-order valence-corrected chi connectivity index (χ2v) is 17.2. The van der Waals surface area contributed by atoms with E-state index in [4.69, 9.17) is 23.7 Å². The van der Waals surface area contributed by atoms with Gasteiger partial charge in [-0.15, -0.1) is 6.58 Å². The Labute approximate surface area is 317 Å². The quantitative estimate of drug-likeness (QED) is 0.171. The monoisotopic (exact) mass is 757 g/mol. The average molecular weight is 758 g/mol. The Morgan fingerprint density at radius 3 is 2.15 bits per heavy atom. The van der Waals surface area contributed by atoms with E-state index in [1.165, 1.54) is 21.0 Å². The summed E-state index contributed by atoms with van der Waals surface area (Å²) >= 11 is 0. The van der Waals surface area contributed by atoms with E-state index in [9.17, 15) is 35.1 Å². The molecule has 0 amide bonds. The van der Waals surface area contributed by atoms with Crippen molar-refractivity contribution in [2.45, 2.75) is 179 Å². The van der Waals surface area contributed by atoms with Crippen molar-refractivity contribution in [1.82, 2.24) is 4.90 Å². The van der Waals surface area contributed by atoms with Crippen LogP contribution in [0.1, 0.15) is 101 Å². The van der Waals surface area contributed by atoms with Gasteiger partial charge in [0.1, 0.15) is 29.7 Å². The number of cyclic esters (lactones) is 1. The third-order valence-electron chi connectivity index (χ3n) is 12.8. The van der Waals surface area contributed by atoms with E-state index in [2.05, 4.69) is 6.58 Å². The molecule has 3 rings (SSSR count). The number of hydrogen-bond donors (Lipinski definition) is 5. The van der Waals surface area contributed by atoms with Gasteiger partial charge in [-0.25, -0.2) is 0 Å². The summed E-state index contributed by atoms with van der Waals surface area (Å²) in [6.45, 7) is 21.2. The zero-order valence-corrected chi connectivity index (χ0v) is 34.2. The number of Topliss-reactive ketones (excluding diaryl/α,β-unsaturated/α-hetero) is 1. The molecular weight excluding hydrogens is 686 g/mol. The fourth-order valence-corrected chi connectivity index (χ4v) is 9.34. The minimum atomic E-state index is -1.98. The maximum Gasteiger partial charge on any atom is 0.309 e. The summed E-state index contributed by atoms with van der Waals surface area (Å²) in [5.41, 5.74) is -4.80. The SMILES string of the molecule is C=CCCN(C)[C@H]1C[C@@H](C)O[C@@H](O[C@@H]2[C@@H](C)[C@H](C3C[C@@](C)(OC)[C@@H](O)[C@H](C)O3)[C@@H](C)C(=O)O[C@H](CC)[C@@](C)(O)[C@H](O)[C@@H](C)C(=O)[C@H](C)C[C@@]2(C)O)[C@@H]1O. The van der Waals surface area contributed by atoms with Crippen LogP contribution in [0.4, 0.5) is 0 Å². The Bertz CT molecular complexity index is 1230. The zero-order chi connectivity index (χ0) is 40.4. The fraction of sp³-hybridized carbons (Fsp3) is 0.900. The first-order valence-electron chi connectivity index (χ1n) is 19.5. The highest BCUT2D eigenvalue weighted by atomic mass is 16.7. The van der Waals surface area contributed by atoms with Crippen LogP contribution < -0.4 is 0 Å². The minimum absolute atomic E-state index is 0.111.